The molecule has 3 heterocycles. The van der Waals surface area contributed by atoms with Gasteiger partial charge in [0.2, 0.25) is 0 Å². The zero-order valence-electron chi connectivity index (χ0n) is 15.8. The first kappa shape index (κ1) is 15.2. The number of aromatic nitrogens is 2. The van der Waals surface area contributed by atoms with Crippen LogP contribution in [0, 0.1) is 30.6 Å². The van der Waals surface area contributed by atoms with Gasteiger partial charge in [0.05, 0.1) is 23.5 Å². The van der Waals surface area contributed by atoms with E-state index in [2.05, 4.69) is 52.1 Å². The number of hydrogen-bond donors (Lipinski definition) is 0. The van der Waals surface area contributed by atoms with E-state index in [1.807, 2.05) is 0 Å². The van der Waals surface area contributed by atoms with Crippen molar-refractivity contribution in [1.82, 2.24) is 9.38 Å². The molecular weight excluding hydrogens is 350 g/mol. The molecule has 5 aliphatic rings. The normalized spacial score (nSPS) is 36.3. The lowest BCUT2D eigenvalue weighted by Crippen LogP contribution is -2.62. The maximum Gasteiger partial charge on any atom is 0.194 e. The van der Waals surface area contributed by atoms with Crippen LogP contribution in [0.1, 0.15) is 49.1 Å². The molecule has 0 radical (unpaired) electrons. The van der Waals surface area contributed by atoms with Crippen LogP contribution in [0.5, 0.6) is 0 Å². The summed E-state index contributed by atoms with van der Waals surface area (Å²) in [4.78, 5) is 9.29. The topological polar surface area (TPSA) is 20.5 Å². The van der Waals surface area contributed by atoms with Crippen LogP contribution in [0.25, 0.3) is 4.96 Å². The van der Waals surface area contributed by atoms with Crippen molar-refractivity contribution < 1.29 is 0 Å². The Morgan fingerprint density at radius 3 is 2.52 bits per heavy atom. The molecule has 1 aliphatic heterocycles. The van der Waals surface area contributed by atoms with Crippen molar-refractivity contribution in [2.75, 3.05) is 4.90 Å². The summed E-state index contributed by atoms with van der Waals surface area (Å²) >= 11 is 1.79. The Balaban J connectivity index is 1.51. The third-order valence-electron chi connectivity index (χ3n) is 8.28. The summed E-state index contributed by atoms with van der Waals surface area (Å²) in [6.07, 6.45) is 9.40. The van der Waals surface area contributed by atoms with Gasteiger partial charge in [0.1, 0.15) is 0 Å². The molecule has 3 nitrogen and oxygen atoms in total. The van der Waals surface area contributed by atoms with E-state index in [-0.39, 0.29) is 5.54 Å². The molecule has 4 saturated carbocycles. The van der Waals surface area contributed by atoms with Gasteiger partial charge < -0.3 is 4.90 Å². The Morgan fingerprint density at radius 1 is 1.04 bits per heavy atom. The highest BCUT2D eigenvalue weighted by molar-refractivity contribution is 7.15. The minimum absolute atomic E-state index is 0.139. The molecule has 0 saturated heterocycles. The molecule has 4 heteroatoms. The maximum absolute atomic E-state index is 5.30. The van der Waals surface area contributed by atoms with Gasteiger partial charge in [-0.2, -0.15) is 0 Å². The summed E-state index contributed by atoms with van der Waals surface area (Å²) in [6.45, 7) is 3.29. The molecule has 4 bridgehead atoms. The fourth-order valence-corrected chi connectivity index (χ4v) is 8.33. The van der Waals surface area contributed by atoms with Crippen molar-refractivity contribution in [3.8, 4) is 0 Å². The molecule has 8 rings (SSSR count). The molecule has 1 aromatic carbocycles. The van der Waals surface area contributed by atoms with Crippen LogP contribution in [-0.4, -0.2) is 9.38 Å². The molecule has 2 aromatic heterocycles. The van der Waals surface area contributed by atoms with Gasteiger partial charge in [0, 0.05) is 17.3 Å². The Kier molecular flexibility index (Phi) is 2.79. The van der Waals surface area contributed by atoms with Gasteiger partial charge in [-0.25, -0.2) is 4.98 Å². The predicted molar refractivity (Wildman–Crippen MR) is 109 cm³/mol. The van der Waals surface area contributed by atoms with Crippen LogP contribution in [0.3, 0.4) is 0 Å². The maximum atomic E-state index is 5.30. The van der Waals surface area contributed by atoms with E-state index in [1.54, 1.807) is 11.3 Å². The van der Waals surface area contributed by atoms with Gasteiger partial charge in [-0.15, -0.1) is 11.3 Å². The summed E-state index contributed by atoms with van der Waals surface area (Å²) in [5, 5.41) is 2.18. The van der Waals surface area contributed by atoms with Gasteiger partial charge >= 0.3 is 0 Å². The number of imidazole rings is 1. The lowest BCUT2D eigenvalue weighted by molar-refractivity contribution is -0.0603. The Bertz CT molecular complexity index is 1030. The summed E-state index contributed by atoms with van der Waals surface area (Å²) in [6, 6.07) is 9.03. The van der Waals surface area contributed by atoms with E-state index in [1.165, 1.54) is 59.7 Å². The minimum atomic E-state index is 0.139. The van der Waals surface area contributed by atoms with Crippen molar-refractivity contribution in [3.63, 3.8) is 0 Å². The Morgan fingerprint density at radius 2 is 1.78 bits per heavy atom. The van der Waals surface area contributed by atoms with Crippen LogP contribution < -0.4 is 4.90 Å². The number of aryl methyl sites for hydroxylation is 1. The number of benzene rings is 1. The number of rotatable bonds is 1. The summed E-state index contributed by atoms with van der Waals surface area (Å²) in [5.41, 5.74) is 5.88. The minimum Gasteiger partial charge on any atom is -0.353 e. The molecule has 1 spiro atoms. The average molecular weight is 376 g/mol. The second-order valence-corrected chi connectivity index (χ2v) is 10.3. The first-order chi connectivity index (χ1) is 13.2. The van der Waals surface area contributed by atoms with Gasteiger partial charge in [0.25, 0.3) is 0 Å². The molecule has 3 aromatic rings. The number of fused-ring (bicyclic) bond motifs is 3. The van der Waals surface area contributed by atoms with E-state index in [4.69, 9.17) is 4.98 Å². The lowest BCUT2D eigenvalue weighted by atomic mass is 9.47. The van der Waals surface area contributed by atoms with E-state index in [0.29, 0.717) is 0 Å². The molecule has 138 valence electrons. The molecule has 0 amide bonds. The predicted octanol–water partition coefficient (Wildman–Crippen LogP) is 5.38. The second-order valence-electron chi connectivity index (χ2n) is 9.47. The summed E-state index contributed by atoms with van der Waals surface area (Å²) < 4.78 is 2.38. The SMILES string of the molecule is Cc1ccccc1N1Cc2c(nc3sccn23)C12C1CC3CC(C1)CC2C3. The van der Waals surface area contributed by atoms with Crippen LogP contribution in [0.4, 0.5) is 5.69 Å². The van der Waals surface area contributed by atoms with Crippen molar-refractivity contribution in [1.29, 1.82) is 0 Å². The first-order valence-corrected chi connectivity index (χ1v) is 11.4. The fourth-order valence-electron chi connectivity index (χ4n) is 7.59. The largest absolute Gasteiger partial charge is 0.353 e. The molecule has 0 atom stereocenters. The summed E-state index contributed by atoms with van der Waals surface area (Å²) in [5.74, 6) is 3.51. The highest BCUT2D eigenvalue weighted by atomic mass is 32.1. The zero-order valence-corrected chi connectivity index (χ0v) is 16.6. The van der Waals surface area contributed by atoms with E-state index < -0.39 is 0 Å². The third-order valence-corrected chi connectivity index (χ3v) is 9.04. The molecule has 27 heavy (non-hydrogen) atoms. The van der Waals surface area contributed by atoms with Crippen LogP contribution in [-0.2, 0) is 12.1 Å². The second kappa shape index (κ2) is 4.96. The molecule has 0 unspecified atom stereocenters. The third kappa shape index (κ3) is 1.72. The van der Waals surface area contributed by atoms with E-state index >= 15 is 0 Å². The fraction of sp³-hybridized carbons (Fsp3) is 0.522. The molecule has 4 fully saturated rings. The smallest absolute Gasteiger partial charge is 0.194 e. The van der Waals surface area contributed by atoms with Crippen LogP contribution in [0.15, 0.2) is 35.8 Å². The van der Waals surface area contributed by atoms with Crippen LogP contribution in [0.2, 0.25) is 0 Å². The number of anilines is 1. The zero-order chi connectivity index (χ0) is 17.8. The van der Waals surface area contributed by atoms with Gasteiger partial charge in [-0.1, -0.05) is 18.2 Å². The number of thiazole rings is 1. The van der Waals surface area contributed by atoms with Crippen molar-refractivity contribution >= 4 is 22.0 Å². The highest BCUT2D eigenvalue weighted by Gasteiger charge is 2.64. The van der Waals surface area contributed by atoms with Crippen molar-refractivity contribution in [3.05, 3.63) is 52.8 Å². The number of nitrogens with zero attached hydrogens (tertiary/aromatic N) is 3. The summed E-state index contributed by atoms with van der Waals surface area (Å²) in [7, 11) is 0. The highest BCUT2D eigenvalue weighted by Crippen LogP contribution is 2.66. The molecule has 4 aliphatic carbocycles. The van der Waals surface area contributed by atoms with Gasteiger partial charge in [-0.05, 0) is 74.3 Å². The number of para-hydroxylation sites is 1. The Hall–Kier alpha value is -1.81. The standard InChI is InChI=1S/C23H25N3S/c1-14-4-2-3-5-19(14)26-13-20-21(24-22-25(20)6-7-27-22)23(26)17-9-15-8-16(11-17)12-18(23)10-15/h2-7,15-18H,8-13H2,1H3. The molecular formula is C23H25N3S. The van der Waals surface area contributed by atoms with E-state index in [9.17, 15) is 0 Å². The molecule has 0 N–H and O–H groups in total. The Labute approximate surface area is 164 Å². The van der Waals surface area contributed by atoms with Crippen molar-refractivity contribution in [2.24, 2.45) is 23.7 Å². The van der Waals surface area contributed by atoms with Gasteiger partial charge in [0.15, 0.2) is 4.96 Å². The monoisotopic (exact) mass is 375 g/mol. The number of hydrogen-bond acceptors (Lipinski definition) is 3. The van der Waals surface area contributed by atoms with Gasteiger partial charge in [-0.3, -0.25) is 4.40 Å². The first-order valence-electron chi connectivity index (χ1n) is 10.5. The lowest BCUT2D eigenvalue weighted by Gasteiger charge is -2.62. The van der Waals surface area contributed by atoms with Crippen LogP contribution >= 0.6 is 11.3 Å². The average Bonchev–Trinajstić information content (AvgIpc) is 3.31. The van der Waals surface area contributed by atoms with E-state index in [0.717, 1.165) is 30.2 Å². The van der Waals surface area contributed by atoms with Crippen molar-refractivity contribution in [2.45, 2.75) is 51.1 Å². The quantitative estimate of drug-likeness (QED) is 0.569.